The molecule has 0 aromatic rings. The van der Waals surface area contributed by atoms with Crippen LogP contribution in [0, 0.1) is 5.92 Å². The first-order valence-electron chi connectivity index (χ1n) is 3.26. The molecule has 0 bridgehead atoms. The van der Waals surface area contributed by atoms with Crippen LogP contribution in [0.3, 0.4) is 0 Å². The van der Waals surface area contributed by atoms with Crippen molar-refractivity contribution in [3.8, 4) is 0 Å². The smallest absolute Gasteiger partial charge is 0.228 e. The molecule has 3 N–H and O–H groups in total. The molecule has 0 saturated carbocycles. The molecule has 1 aliphatic rings. The number of β-lactam (4-membered cyclic amide) rings is 1. The van der Waals surface area contributed by atoms with Crippen molar-refractivity contribution >= 4 is 5.91 Å². The number of rotatable bonds is 2. The number of carbonyl (C=O) groups is 1. The lowest BCUT2D eigenvalue weighted by Crippen LogP contribution is -2.63. The Hall–Kier alpha value is -0.610. The Balaban J connectivity index is 2.48. The second-order valence-corrected chi connectivity index (χ2v) is 2.56. The van der Waals surface area contributed by atoms with Crippen LogP contribution in [0.25, 0.3) is 0 Å². The molecule has 3 atom stereocenters. The van der Waals surface area contributed by atoms with Crippen LogP contribution in [0.15, 0.2) is 0 Å². The molecule has 0 aromatic carbocycles. The zero-order valence-corrected chi connectivity index (χ0v) is 5.74. The maximum absolute atomic E-state index is 10.7. The number of hydrogen-bond donors (Lipinski definition) is 3. The van der Waals surface area contributed by atoms with Gasteiger partial charge in [-0.1, -0.05) is 0 Å². The molecule has 0 spiro atoms. The van der Waals surface area contributed by atoms with Gasteiger partial charge in [-0.2, -0.15) is 0 Å². The Morgan fingerprint density at radius 2 is 2.40 bits per heavy atom. The standard InChI is InChI=1S/C6H11NO3/c1-3(9)5-4(2-8)7-6(5)10/h3-5,8-9H,2H2,1H3,(H,7,10)/t3-,4-,5+/m0/s1. The van der Waals surface area contributed by atoms with Crippen LogP contribution in [-0.2, 0) is 4.79 Å². The highest BCUT2D eigenvalue weighted by Gasteiger charge is 2.41. The molecule has 1 rings (SSSR count). The minimum absolute atomic E-state index is 0.0959. The van der Waals surface area contributed by atoms with Crippen LogP contribution in [-0.4, -0.2) is 34.9 Å². The van der Waals surface area contributed by atoms with Gasteiger partial charge in [-0.15, -0.1) is 0 Å². The van der Waals surface area contributed by atoms with E-state index in [4.69, 9.17) is 10.2 Å². The third-order valence-electron chi connectivity index (χ3n) is 1.78. The van der Waals surface area contributed by atoms with Crippen molar-refractivity contribution in [3.05, 3.63) is 0 Å². The van der Waals surface area contributed by atoms with Crippen LogP contribution in [0.4, 0.5) is 0 Å². The molecule has 0 aromatic heterocycles. The van der Waals surface area contributed by atoms with Gasteiger partial charge in [-0.3, -0.25) is 4.79 Å². The number of nitrogens with one attached hydrogen (secondary N) is 1. The summed E-state index contributed by atoms with van der Waals surface area (Å²) in [6.07, 6.45) is -0.661. The van der Waals surface area contributed by atoms with Gasteiger partial charge in [-0.25, -0.2) is 0 Å². The Morgan fingerprint density at radius 3 is 2.60 bits per heavy atom. The van der Waals surface area contributed by atoms with Crippen molar-refractivity contribution in [1.82, 2.24) is 5.32 Å². The monoisotopic (exact) mass is 145 g/mol. The number of carbonyl (C=O) groups excluding carboxylic acids is 1. The third-order valence-corrected chi connectivity index (χ3v) is 1.78. The summed E-state index contributed by atoms with van der Waals surface area (Å²) in [5, 5.41) is 20.0. The van der Waals surface area contributed by atoms with E-state index < -0.39 is 12.0 Å². The lowest BCUT2D eigenvalue weighted by Gasteiger charge is -2.37. The molecule has 4 nitrogen and oxygen atoms in total. The Bertz CT molecular complexity index is 146. The van der Waals surface area contributed by atoms with Crippen LogP contribution >= 0.6 is 0 Å². The Kier molecular flexibility index (Phi) is 1.92. The normalized spacial score (nSPS) is 34.5. The van der Waals surface area contributed by atoms with Gasteiger partial charge in [0.15, 0.2) is 0 Å². The largest absolute Gasteiger partial charge is 0.394 e. The fourth-order valence-corrected chi connectivity index (χ4v) is 1.17. The first-order valence-corrected chi connectivity index (χ1v) is 3.26. The average Bonchev–Trinajstić information content (AvgIpc) is 1.80. The number of aliphatic hydroxyl groups excluding tert-OH is 2. The van der Waals surface area contributed by atoms with Crippen molar-refractivity contribution in [1.29, 1.82) is 0 Å². The molecule has 10 heavy (non-hydrogen) atoms. The van der Waals surface area contributed by atoms with Gasteiger partial charge < -0.3 is 15.5 Å². The second-order valence-electron chi connectivity index (χ2n) is 2.56. The van der Waals surface area contributed by atoms with Crippen molar-refractivity contribution < 1.29 is 15.0 Å². The van der Waals surface area contributed by atoms with E-state index in [9.17, 15) is 4.79 Å². The maximum Gasteiger partial charge on any atom is 0.228 e. The summed E-state index contributed by atoms with van der Waals surface area (Å²) in [6.45, 7) is 1.45. The summed E-state index contributed by atoms with van der Waals surface area (Å²) in [7, 11) is 0. The molecule has 58 valence electrons. The van der Waals surface area contributed by atoms with E-state index in [0.717, 1.165) is 0 Å². The molecule has 4 heteroatoms. The lowest BCUT2D eigenvalue weighted by atomic mass is 9.87. The van der Waals surface area contributed by atoms with Gasteiger partial charge in [-0.05, 0) is 6.92 Å². The number of amides is 1. The number of aliphatic hydroxyl groups is 2. The van der Waals surface area contributed by atoms with Gasteiger partial charge in [0.05, 0.1) is 24.7 Å². The van der Waals surface area contributed by atoms with Crippen molar-refractivity contribution in [3.63, 3.8) is 0 Å². The predicted octanol–water partition coefficient (Wildman–Crippen LogP) is -1.53. The number of hydrogen-bond acceptors (Lipinski definition) is 3. The summed E-state index contributed by atoms with van der Waals surface area (Å²) in [6, 6.07) is -0.243. The van der Waals surface area contributed by atoms with Crippen molar-refractivity contribution in [2.24, 2.45) is 5.92 Å². The van der Waals surface area contributed by atoms with Gasteiger partial charge in [0.25, 0.3) is 0 Å². The molecule has 1 saturated heterocycles. The predicted molar refractivity (Wildman–Crippen MR) is 34.2 cm³/mol. The third kappa shape index (κ3) is 0.998. The quantitative estimate of drug-likeness (QED) is 0.413. The fraction of sp³-hybridized carbons (Fsp3) is 0.833. The minimum atomic E-state index is -0.661. The Morgan fingerprint density at radius 1 is 1.80 bits per heavy atom. The molecular weight excluding hydrogens is 134 g/mol. The molecule has 0 aliphatic carbocycles. The summed E-state index contributed by atoms with van der Waals surface area (Å²) in [5.41, 5.74) is 0. The van der Waals surface area contributed by atoms with Crippen LogP contribution < -0.4 is 5.32 Å². The molecule has 0 radical (unpaired) electrons. The van der Waals surface area contributed by atoms with E-state index in [1.165, 1.54) is 0 Å². The van der Waals surface area contributed by atoms with Crippen LogP contribution in [0.5, 0.6) is 0 Å². The highest BCUT2D eigenvalue weighted by atomic mass is 16.3. The highest BCUT2D eigenvalue weighted by molar-refractivity contribution is 5.86. The van der Waals surface area contributed by atoms with Gasteiger partial charge >= 0.3 is 0 Å². The van der Waals surface area contributed by atoms with E-state index in [1.807, 2.05) is 0 Å². The molecule has 1 amide bonds. The van der Waals surface area contributed by atoms with Crippen LogP contribution in [0.2, 0.25) is 0 Å². The Labute approximate surface area is 58.9 Å². The average molecular weight is 145 g/mol. The zero-order valence-electron chi connectivity index (χ0n) is 5.74. The van der Waals surface area contributed by atoms with E-state index in [-0.39, 0.29) is 18.6 Å². The second kappa shape index (κ2) is 2.56. The van der Waals surface area contributed by atoms with Gasteiger partial charge in [0.2, 0.25) is 5.91 Å². The van der Waals surface area contributed by atoms with E-state index in [1.54, 1.807) is 6.92 Å². The zero-order chi connectivity index (χ0) is 7.72. The molecule has 1 fully saturated rings. The van der Waals surface area contributed by atoms with E-state index in [0.29, 0.717) is 0 Å². The summed E-state index contributed by atoms with van der Waals surface area (Å²) < 4.78 is 0. The minimum Gasteiger partial charge on any atom is -0.394 e. The summed E-state index contributed by atoms with van der Waals surface area (Å²) in [5.74, 6) is -0.584. The van der Waals surface area contributed by atoms with E-state index in [2.05, 4.69) is 5.32 Å². The highest BCUT2D eigenvalue weighted by Crippen LogP contribution is 2.18. The molecule has 1 heterocycles. The first-order chi connectivity index (χ1) is 4.66. The summed E-state index contributed by atoms with van der Waals surface area (Å²) in [4.78, 5) is 10.7. The lowest BCUT2D eigenvalue weighted by molar-refractivity contribution is -0.142. The van der Waals surface area contributed by atoms with E-state index >= 15 is 0 Å². The topological polar surface area (TPSA) is 69.6 Å². The molecular formula is C6H11NO3. The van der Waals surface area contributed by atoms with Gasteiger partial charge in [0, 0.05) is 0 Å². The maximum atomic E-state index is 10.7. The fourth-order valence-electron chi connectivity index (χ4n) is 1.17. The summed E-state index contributed by atoms with van der Waals surface area (Å²) >= 11 is 0. The molecule has 0 unspecified atom stereocenters. The van der Waals surface area contributed by atoms with Crippen LogP contribution in [0.1, 0.15) is 6.92 Å². The molecule has 1 aliphatic heterocycles. The van der Waals surface area contributed by atoms with Crippen molar-refractivity contribution in [2.75, 3.05) is 6.61 Å². The van der Waals surface area contributed by atoms with Crippen molar-refractivity contribution in [2.45, 2.75) is 19.1 Å². The SMILES string of the molecule is C[C@H](O)[C@H]1C(=O)N[C@H]1CO. The first kappa shape index (κ1) is 7.50. The van der Waals surface area contributed by atoms with Gasteiger partial charge in [0.1, 0.15) is 0 Å².